The summed E-state index contributed by atoms with van der Waals surface area (Å²) < 4.78 is 20.9. The number of carbonyl (C=O) groups excluding carboxylic acids is 1. The lowest BCUT2D eigenvalue weighted by Gasteiger charge is -2.43. The summed E-state index contributed by atoms with van der Waals surface area (Å²) >= 11 is 0. The molecule has 0 spiro atoms. The number of nitrogens with zero attached hydrogens (tertiary/aromatic N) is 6. The van der Waals surface area contributed by atoms with Crippen molar-refractivity contribution in [2.75, 3.05) is 73.3 Å². The molecule has 2 saturated heterocycles. The second kappa shape index (κ2) is 8.55. The van der Waals surface area contributed by atoms with Crippen LogP contribution in [0.1, 0.15) is 17.3 Å². The first kappa shape index (κ1) is 21.0. The molecular weight excluding hydrogens is 415 g/mol. The Kier molecular flexibility index (Phi) is 5.60. The third-order valence-corrected chi connectivity index (χ3v) is 6.49. The summed E-state index contributed by atoms with van der Waals surface area (Å²) in [4.78, 5) is 24.0. The first-order valence-electron chi connectivity index (χ1n) is 11.1. The Morgan fingerprint density at radius 2 is 2.06 bits per heavy atom. The molecule has 0 aromatic carbocycles. The molecule has 2 fully saturated rings. The number of carbonyl (C=O) groups is 1. The molecule has 3 N–H and O–H groups in total. The van der Waals surface area contributed by atoms with Gasteiger partial charge in [0.2, 0.25) is 0 Å². The normalized spacial score (nSPS) is 21.9. The highest BCUT2D eigenvalue weighted by Gasteiger charge is 2.33. The molecule has 0 bridgehead atoms. The van der Waals surface area contributed by atoms with E-state index in [9.17, 15) is 9.18 Å². The van der Waals surface area contributed by atoms with Gasteiger partial charge in [-0.2, -0.15) is 5.10 Å². The van der Waals surface area contributed by atoms with Gasteiger partial charge in [0.15, 0.2) is 5.82 Å². The van der Waals surface area contributed by atoms with Crippen LogP contribution < -0.4 is 20.9 Å². The van der Waals surface area contributed by atoms with Crippen molar-refractivity contribution in [2.45, 2.75) is 25.7 Å². The van der Waals surface area contributed by atoms with E-state index in [-0.39, 0.29) is 30.4 Å². The van der Waals surface area contributed by atoms with E-state index in [1.165, 1.54) is 4.68 Å². The van der Waals surface area contributed by atoms with Gasteiger partial charge in [0.05, 0.1) is 49.9 Å². The molecule has 32 heavy (non-hydrogen) atoms. The molecule has 2 aromatic heterocycles. The standard InChI is InChI=1S/C21H29FN8O2/c1-2-27-10-14(22)11-30-21(27)18(19(23)26-30)20(31)25-16-9-24-4-3-17(16)29-7-5-28(6-8-29)15-12-32-13-15/h3-4,9,14-15H,2,5-8,10-13H2,1H3,(H2,23,26)(H,25,31). The summed E-state index contributed by atoms with van der Waals surface area (Å²) in [6.07, 6.45) is 2.33. The number of piperazine rings is 1. The zero-order valence-electron chi connectivity index (χ0n) is 18.2. The van der Waals surface area contributed by atoms with Gasteiger partial charge in [-0.1, -0.05) is 0 Å². The van der Waals surface area contributed by atoms with E-state index >= 15 is 0 Å². The van der Waals surface area contributed by atoms with E-state index < -0.39 is 6.17 Å². The predicted molar refractivity (Wildman–Crippen MR) is 120 cm³/mol. The van der Waals surface area contributed by atoms with E-state index in [0.29, 0.717) is 24.1 Å². The largest absolute Gasteiger partial charge is 0.381 e. The maximum Gasteiger partial charge on any atom is 0.263 e. The topological polar surface area (TPSA) is 105 Å². The number of hydrogen-bond donors (Lipinski definition) is 2. The second-order valence-electron chi connectivity index (χ2n) is 8.46. The van der Waals surface area contributed by atoms with Crippen molar-refractivity contribution in [1.29, 1.82) is 0 Å². The van der Waals surface area contributed by atoms with Crippen LogP contribution in [0.4, 0.5) is 27.4 Å². The molecule has 3 aliphatic rings. The van der Waals surface area contributed by atoms with Gasteiger partial charge >= 0.3 is 0 Å². The number of hydrogen-bond acceptors (Lipinski definition) is 8. The van der Waals surface area contributed by atoms with Crippen molar-refractivity contribution in [3.05, 3.63) is 24.0 Å². The van der Waals surface area contributed by atoms with E-state index in [1.54, 1.807) is 17.3 Å². The van der Waals surface area contributed by atoms with Crippen LogP contribution in [-0.2, 0) is 11.3 Å². The Balaban J connectivity index is 1.35. The fourth-order valence-corrected chi connectivity index (χ4v) is 4.69. The van der Waals surface area contributed by atoms with Crippen molar-refractivity contribution in [1.82, 2.24) is 19.7 Å². The molecule has 0 radical (unpaired) electrons. The number of fused-ring (bicyclic) bond motifs is 1. The lowest BCUT2D eigenvalue weighted by atomic mass is 10.1. The van der Waals surface area contributed by atoms with Gasteiger partial charge < -0.3 is 25.6 Å². The van der Waals surface area contributed by atoms with Gasteiger partial charge in [0, 0.05) is 38.9 Å². The summed E-state index contributed by atoms with van der Waals surface area (Å²) in [6, 6.07) is 2.44. The van der Waals surface area contributed by atoms with Crippen LogP contribution in [0.25, 0.3) is 0 Å². The predicted octanol–water partition coefficient (Wildman–Crippen LogP) is 0.811. The van der Waals surface area contributed by atoms with E-state index in [4.69, 9.17) is 10.5 Å². The van der Waals surface area contributed by atoms with Gasteiger partial charge in [-0.05, 0) is 13.0 Å². The number of nitrogens with one attached hydrogen (secondary N) is 1. The third kappa shape index (κ3) is 3.75. The van der Waals surface area contributed by atoms with Crippen LogP contribution >= 0.6 is 0 Å². The number of nitrogen functional groups attached to an aromatic ring is 1. The van der Waals surface area contributed by atoms with Crippen molar-refractivity contribution in [2.24, 2.45) is 0 Å². The van der Waals surface area contributed by atoms with Crippen LogP contribution in [0.5, 0.6) is 0 Å². The summed E-state index contributed by atoms with van der Waals surface area (Å²) in [5, 5.41) is 7.21. The number of ether oxygens (including phenoxy) is 1. The van der Waals surface area contributed by atoms with Crippen molar-refractivity contribution >= 4 is 28.9 Å². The van der Waals surface area contributed by atoms with Crippen LogP contribution in [0.3, 0.4) is 0 Å². The number of anilines is 4. The Morgan fingerprint density at radius 3 is 2.75 bits per heavy atom. The molecule has 0 aliphatic carbocycles. The van der Waals surface area contributed by atoms with Gasteiger partial charge in [-0.25, -0.2) is 9.07 Å². The Bertz CT molecular complexity index is 986. The number of rotatable bonds is 5. The molecule has 1 unspecified atom stereocenters. The number of amides is 1. The van der Waals surface area contributed by atoms with E-state index in [1.807, 2.05) is 13.0 Å². The Morgan fingerprint density at radius 1 is 1.28 bits per heavy atom. The van der Waals surface area contributed by atoms with Crippen molar-refractivity contribution in [3.8, 4) is 0 Å². The summed E-state index contributed by atoms with van der Waals surface area (Å²) in [7, 11) is 0. The van der Waals surface area contributed by atoms with E-state index in [2.05, 4.69) is 25.2 Å². The van der Waals surface area contributed by atoms with Crippen molar-refractivity contribution in [3.63, 3.8) is 0 Å². The fourth-order valence-electron chi connectivity index (χ4n) is 4.69. The highest BCUT2D eigenvalue weighted by molar-refractivity contribution is 6.12. The molecule has 1 amide bonds. The van der Waals surface area contributed by atoms with Crippen LogP contribution in [-0.4, -0.2) is 90.3 Å². The Labute approximate surface area is 186 Å². The zero-order valence-corrected chi connectivity index (χ0v) is 18.2. The van der Waals surface area contributed by atoms with Gasteiger partial charge in [0.1, 0.15) is 17.6 Å². The summed E-state index contributed by atoms with van der Waals surface area (Å²) in [5.74, 6) is 0.309. The molecule has 5 rings (SSSR count). The summed E-state index contributed by atoms with van der Waals surface area (Å²) in [6.45, 7) is 8.02. The highest BCUT2D eigenvalue weighted by atomic mass is 19.1. The summed E-state index contributed by atoms with van der Waals surface area (Å²) in [5.41, 5.74) is 7.93. The minimum Gasteiger partial charge on any atom is -0.381 e. The lowest BCUT2D eigenvalue weighted by molar-refractivity contribution is -0.0660. The lowest BCUT2D eigenvalue weighted by Crippen LogP contribution is -2.56. The van der Waals surface area contributed by atoms with E-state index in [0.717, 1.165) is 45.1 Å². The molecule has 10 nitrogen and oxygen atoms in total. The zero-order chi connectivity index (χ0) is 22.2. The van der Waals surface area contributed by atoms with Crippen LogP contribution in [0.15, 0.2) is 18.5 Å². The molecule has 5 heterocycles. The molecule has 0 saturated carbocycles. The highest BCUT2D eigenvalue weighted by Crippen LogP contribution is 2.32. The SMILES string of the molecule is CCN1CC(F)Cn2nc(N)c(C(=O)Nc3cnccc3N3CCN(C4COC4)CC3)c21. The molecule has 3 aliphatic heterocycles. The smallest absolute Gasteiger partial charge is 0.263 e. The number of alkyl halides is 1. The molecule has 1 atom stereocenters. The average Bonchev–Trinajstić information content (AvgIpc) is 3.08. The second-order valence-corrected chi connectivity index (χ2v) is 8.46. The van der Waals surface area contributed by atoms with Gasteiger partial charge in [-0.15, -0.1) is 0 Å². The van der Waals surface area contributed by atoms with Crippen LogP contribution in [0, 0.1) is 0 Å². The Hall–Kier alpha value is -2.92. The molecule has 2 aromatic rings. The fraction of sp³-hybridized carbons (Fsp3) is 0.571. The third-order valence-electron chi connectivity index (χ3n) is 6.49. The first-order valence-corrected chi connectivity index (χ1v) is 11.1. The van der Waals surface area contributed by atoms with Crippen LogP contribution in [0.2, 0.25) is 0 Å². The number of halogens is 1. The first-order chi connectivity index (χ1) is 15.5. The number of pyridine rings is 1. The minimum atomic E-state index is -1.05. The molecule has 11 heteroatoms. The maximum absolute atomic E-state index is 14.1. The molecular formula is C21H29FN8O2. The number of aromatic nitrogens is 3. The monoisotopic (exact) mass is 444 g/mol. The van der Waals surface area contributed by atoms with Gasteiger partial charge in [-0.3, -0.25) is 14.7 Å². The maximum atomic E-state index is 14.1. The van der Waals surface area contributed by atoms with Gasteiger partial charge in [0.25, 0.3) is 5.91 Å². The average molecular weight is 445 g/mol. The van der Waals surface area contributed by atoms with Crippen molar-refractivity contribution < 1.29 is 13.9 Å². The number of nitrogens with two attached hydrogens (primary N) is 1. The minimum absolute atomic E-state index is 0.0950. The quantitative estimate of drug-likeness (QED) is 0.698. The molecule has 172 valence electrons.